The molecule has 3 fully saturated rings. The zero-order valence-corrected chi connectivity index (χ0v) is 19.2. The van der Waals surface area contributed by atoms with Crippen molar-refractivity contribution in [2.24, 2.45) is 23.2 Å². The molecule has 0 aromatic carbocycles. The third kappa shape index (κ3) is 5.14. The zero-order chi connectivity index (χ0) is 21.2. The van der Waals surface area contributed by atoms with E-state index in [4.69, 9.17) is 0 Å². The lowest BCUT2D eigenvalue weighted by atomic mass is 9.61. The minimum atomic E-state index is -0.382. The molecule has 0 heterocycles. The van der Waals surface area contributed by atoms with Crippen LogP contribution in [0, 0.1) is 23.2 Å². The van der Waals surface area contributed by atoms with Gasteiger partial charge in [-0.05, 0) is 95.3 Å². The number of rotatable bonds is 4. The standard InChI is InChI=1S/C27H42O2/c1-18(2)19(3)8-9-20(4)25-12-13-26-22(7-6-14-27(25,26)5)11-10-21-15-23(28)17-24(29)16-21/h8-11,20,23-26,28-29H,6-7,12-17H2,1-5H3/b9-8+,22-11+/t20-,23-,24-,25?,26?,27-/m1/s1. The maximum Gasteiger partial charge on any atom is 0.0602 e. The zero-order valence-electron chi connectivity index (χ0n) is 19.2. The lowest BCUT2D eigenvalue weighted by Crippen LogP contribution is -2.35. The largest absolute Gasteiger partial charge is 0.393 e. The third-order valence-corrected chi connectivity index (χ3v) is 8.18. The van der Waals surface area contributed by atoms with E-state index in [0.717, 1.165) is 18.8 Å². The molecule has 3 saturated carbocycles. The Morgan fingerprint density at radius 1 is 1.07 bits per heavy atom. The quantitative estimate of drug-likeness (QED) is 0.530. The lowest BCUT2D eigenvalue weighted by molar-refractivity contribution is 0.0609. The SMILES string of the molecule is CC(C)=C(C)/C=C/[C@@H](C)C1CCC2/C(=C/C=C3C[C@@H](O)C[C@H](O)C3)CCC[C@@]21C. The van der Waals surface area contributed by atoms with E-state index in [0.29, 0.717) is 23.7 Å². The van der Waals surface area contributed by atoms with Crippen molar-refractivity contribution in [2.75, 3.05) is 0 Å². The number of allylic oxidation sites excluding steroid dienone is 7. The van der Waals surface area contributed by atoms with Crippen LogP contribution in [0.2, 0.25) is 0 Å². The minimum Gasteiger partial charge on any atom is -0.393 e. The summed E-state index contributed by atoms with van der Waals surface area (Å²) >= 11 is 0. The van der Waals surface area contributed by atoms with Crippen LogP contribution >= 0.6 is 0 Å². The molecular formula is C27H42O2. The van der Waals surface area contributed by atoms with Crippen molar-refractivity contribution in [1.29, 1.82) is 0 Å². The van der Waals surface area contributed by atoms with E-state index in [1.54, 1.807) is 5.57 Å². The van der Waals surface area contributed by atoms with Crippen LogP contribution in [-0.4, -0.2) is 22.4 Å². The predicted octanol–water partition coefficient (Wildman–Crippen LogP) is 6.51. The lowest BCUT2D eigenvalue weighted by Gasteiger charge is -2.44. The molecule has 2 nitrogen and oxygen atoms in total. The van der Waals surface area contributed by atoms with Crippen molar-refractivity contribution >= 4 is 0 Å². The molecule has 3 rings (SSSR count). The second kappa shape index (κ2) is 9.35. The highest BCUT2D eigenvalue weighted by Crippen LogP contribution is 2.59. The Bertz CT molecular complexity index is 694. The second-order valence-corrected chi connectivity index (χ2v) is 10.5. The first kappa shape index (κ1) is 22.6. The van der Waals surface area contributed by atoms with Crippen molar-refractivity contribution in [3.05, 3.63) is 46.6 Å². The monoisotopic (exact) mass is 398 g/mol. The Balaban J connectivity index is 1.75. The summed E-state index contributed by atoms with van der Waals surface area (Å²) in [7, 11) is 0. The minimum absolute atomic E-state index is 0.382. The van der Waals surface area contributed by atoms with Crippen LogP contribution in [0.3, 0.4) is 0 Å². The van der Waals surface area contributed by atoms with Gasteiger partial charge in [0.2, 0.25) is 0 Å². The van der Waals surface area contributed by atoms with E-state index in [9.17, 15) is 10.2 Å². The molecule has 0 radical (unpaired) electrons. The van der Waals surface area contributed by atoms with Crippen molar-refractivity contribution in [3.8, 4) is 0 Å². The van der Waals surface area contributed by atoms with Crippen LogP contribution < -0.4 is 0 Å². The van der Waals surface area contributed by atoms with Crippen LogP contribution in [0.1, 0.15) is 86.0 Å². The average molecular weight is 399 g/mol. The summed E-state index contributed by atoms with van der Waals surface area (Å²) in [5.41, 5.74) is 6.01. The molecule has 2 heteroatoms. The highest BCUT2D eigenvalue weighted by Gasteiger charge is 2.50. The van der Waals surface area contributed by atoms with Gasteiger partial charge in [0.1, 0.15) is 0 Å². The van der Waals surface area contributed by atoms with Gasteiger partial charge >= 0.3 is 0 Å². The molecule has 0 amide bonds. The van der Waals surface area contributed by atoms with Gasteiger partial charge in [0.25, 0.3) is 0 Å². The molecule has 0 spiro atoms. The van der Waals surface area contributed by atoms with E-state index in [-0.39, 0.29) is 12.2 Å². The van der Waals surface area contributed by atoms with Crippen LogP contribution in [0.15, 0.2) is 46.6 Å². The first-order valence-electron chi connectivity index (χ1n) is 11.8. The van der Waals surface area contributed by atoms with Crippen LogP contribution in [0.25, 0.3) is 0 Å². The summed E-state index contributed by atoms with van der Waals surface area (Å²) in [6.45, 7) is 11.5. The van der Waals surface area contributed by atoms with E-state index in [1.165, 1.54) is 48.8 Å². The van der Waals surface area contributed by atoms with Gasteiger partial charge in [-0.25, -0.2) is 0 Å². The summed E-state index contributed by atoms with van der Waals surface area (Å²) < 4.78 is 0. The smallest absolute Gasteiger partial charge is 0.0602 e. The first-order valence-corrected chi connectivity index (χ1v) is 11.8. The number of aliphatic hydroxyl groups excluding tert-OH is 2. The number of hydrogen-bond acceptors (Lipinski definition) is 2. The highest BCUT2D eigenvalue weighted by molar-refractivity contribution is 5.27. The molecule has 2 unspecified atom stereocenters. The van der Waals surface area contributed by atoms with Crippen molar-refractivity contribution in [1.82, 2.24) is 0 Å². The molecule has 0 aliphatic heterocycles. The fourth-order valence-corrected chi connectivity index (χ4v) is 6.27. The van der Waals surface area contributed by atoms with E-state index < -0.39 is 0 Å². The van der Waals surface area contributed by atoms with Gasteiger partial charge in [-0.15, -0.1) is 0 Å². The molecular weight excluding hydrogens is 356 g/mol. The van der Waals surface area contributed by atoms with Gasteiger partial charge in [-0.3, -0.25) is 0 Å². The Morgan fingerprint density at radius 2 is 1.76 bits per heavy atom. The summed E-state index contributed by atoms with van der Waals surface area (Å²) in [5.74, 6) is 2.06. The van der Waals surface area contributed by atoms with Gasteiger partial charge in [-0.1, -0.05) is 60.4 Å². The summed E-state index contributed by atoms with van der Waals surface area (Å²) in [4.78, 5) is 0. The Kier molecular flexibility index (Phi) is 7.27. The van der Waals surface area contributed by atoms with Gasteiger partial charge in [0.05, 0.1) is 12.2 Å². The highest BCUT2D eigenvalue weighted by atomic mass is 16.3. The Hall–Kier alpha value is -1.12. The molecule has 6 atom stereocenters. The number of fused-ring (bicyclic) bond motifs is 1. The second-order valence-electron chi connectivity index (χ2n) is 10.5. The van der Waals surface area contributed by atoms with Crippen LogP contribution in [0.4, 0.5) is 0 Å². The molecule has 3 aliphatic rings. The van der Waals surface area contributed by atoms with Crippen LogP contribution in [0.5, 0.6) is 0 Å². The molecule has 0 aromatic heterocycles. The average Bonchev–Trinajstić information content (AvgIpc) is 3.00. The van der Waals surface area contributed by atoms with E-state index >= 15 is 0 Å². The molecule has 29 heavy (non-hydrogen) atoms. The van der Waals surface area contributed by atoms with Crippen LogP contribution in [-0.2, 0) is 0 Å². The van der Waals surface area contributed by atoms with Gasteiger partial charge in [-0.2, -0.15) is 0 Å². The van der Waals surface area contributed by atoms with Gasteiger partial charge in [0.15, 0.2) is 0 Å². The Morgan fingerprint density at radius 3 is 2.41 bits per heavy atom. The number of hydrogen-bond donors (Lipinski definition) is 2. The topological polar surface area (TPSA) is 40.5 Å². The molecule has 0 saturated heterocycles. The fraction of sp³-hybridized carbons (Fsp3) is 0.704. The summed E-state index contributed by atoms with van der Waals surface area (Å²) in [6, 6.07) is 0. The summed E-state index contributed by atoms with van der Waals surface area (Å²) in [5, 5.41) is 19.9. The third-order valence-electron chi connectivity index (χ3n) is 8.18. The maximum atomic E-state index is 9.97. The summed E-state index contributed by atoms with van der Waals surface area (Å²) in [6.07, 6.45) is 17.0. The van der Waals surface area contributed by atoms with Crippen molar-refractivity contribution in [2.45, 2.75) is 98.2 Å². The maximum absolute atomic E-state index is 9.97. The van der Waals surface area contributed by atoms with Crippen molar-refractivity contribution < 1.29 is 10.2 Å². The predicted molar refractivity (Wildman–Crippen MR) is 123 cm³/mol. The van der Waals surface area contributed by atoms with Crippen molar-refractivity contribution in [3.63, 3.8) is 0 Å². The van der Waals surface area contributed by atoms with Gasteiger partial charge in [0, 0.05) is 0 Å². The molecule has 0 aromatic rings. The van der Waals surface area contributed by atoms with Gasteiger partial charge < -0.3 is 10.2 Å². The Labute approximate surface area is 178 Å². The van der Waals surface area contributed by atoms with E-state index in [1.807, 2.05) is 0 Å². The fourth-order valence-electron chi connectivity index (χ4n) is 6.27. The molecule has 162 valence electrons. The molecule has 0 bridgehead atoms. The molecule has 2 N–H and O–H groups in total. The number of aliphatic hydroxyl groups is 2. The normalized spacial score (nSPS) is 37.6. The van der Waals surface area contributed by atoms with E-state index in [2.05, 4.69) is 58.9 Å². The molecule has 3 aliphatic carbocycles. The first-order chi connectivity index (χ1) is 13.7.